The number of benzene rings is 3. The van der Waals surface area contributed by atoms with Gasteiger partial charge in [-0.05, 0) is 66.9 Å². The summed E-state index contributed by atoms with van der Waals surface area (Å²) in [5, 5.41) is 6.97. The molecular formula is C33H32N4. The predicted octanol–water partition coefficient (Wildman–Crippen LogP) is 8.25. The smallest absolute Gasteiger partial charge is 0.0666 e. The Balaban J connectivity index is 1.60. The monoisotopic (exact) mass is 484 g/mol. The lowest BCUT2D eigenvalue weighted by Crippen LogP contribution is -2.29. The van der Waals surface area contributed by atoms with Crippen LogP contribution >= 0.6 is 0 Å². The van der Waals surface area contributed by atoms with E-state index < -0.39 is 0 Å². The minimum atomic E-state index is -0.111. The molecule has 4 nitrogen and oxygen atoms in total. The molecule has 0 aliphatic heterocycles. The Labute approximate surface area is 218 Å². The Bertz CT molecular complexity index is 1640. The van der Waals surface area contributed by atoms with Crippen molar-refractivity contribution in [3.8, 4) is 11.4 Å². The van der Waals surface area contributed by atoms with Crippen LogP contribution in [0.3, 0.4) is 0 Å². The van der Waals surface area contributed by atoms with E-state index in [4.69, 9.17) is 4.98 Å². The van der Waals surface area contributed by atoms with Crippen molar-refractivity contribution in [2.75, 3.05) is 0 Å². The van der Waals surface area contributed by atoms with Gasteiger partial charge in [-0.1, -0.05) is 69.2 Å². The number of hydrogen-bond acceptors (Lipinski definition) is 2. The van der Waals surface area contributed by atoms with Gasteiger partial charge in [-0.3, -0.25) is 4.98 Å². The summed E-state index contributed by atoms with van der Waals surface area (Å²) in [5.41, 5.74) is 7.01. The number of pyridine rings is 1. The van der Waals surface area contributed by atoms with Crippen molar-refractivity contribution in [3.63, 3.8) is 0 Å². The van der Waals surface area contributed by atoms with Crippen LogP contribution in [-0.2, 0) is 5.41 Å². The van der Waals surface area contributed by atoms with Crippen LogP contribution in [0.15, 0.2) is 110 Å². The van der Waals surface area contributed by atoms with Gasteiger partial charge < -0.3 is 4.57 Å². The Morgan fingerprint density at radius 2 is 1.49 bits per heavy atom. The first kappa shape index (κ1) is 23.2. The van der Waals surface area contributed by atoms with Gasteiger partial charge in [-0.15, -0.1) is 0 Å². The Kier molecular flexibility index (Phi) is 6.09. The first-order valence-corrected chi connectivity index (χ1v) is 13.3. The van der Waals surface area contributed by atoms with E-state index >= 15 is 0 Å². The van der Waals surface area contributed by atoms with Crippen LogP contribution in [0.4, 0.5) is 0 Å². The molecule has 3 heterocycles. The normalized spacial score (nSPS) is 11.9. The van der Waals surface area contributed by atoms with E-state index in [1.807, 2.05) is 35.4 Å². The molecule has 6 rings (SSSR count). The molecule has 0 fully saturated rings. The molecule has 0 bridgehead atoms. The molecule has 3 aromatic carbocycles. The van der Waals surface area contributed by atoms with E-state index in [1.54, 1.807) is 0 Å². The minimum absolute atomic E-state index is 0.111. The molecule has 0 unspecified atom stereocenters. The first-order chi connectivity index (χ1) is 18.2. The van der Waals surface area contributed by atoms with Crippen molar-refractivity contribution < 1.29 is 0 Å². The fraction of sp³-hybridized carbons (Fsp3) is 0.212. The van der Waals surface area contributed by atoms with E-state index in [0.29, 0.717) is 0 Å². The summed E-state index contributed by atoms with van der Waals surface area (Å²) in [6, 6.07) is 32.8. The molecule has 0 saturated carbocycles. The highest BCUT2D eigenvalue weighted by Gasteiger charge is 2.34. The number of aromatic nitrogens is 4. The Hall–Kier alpha value is -4.18. The minimum Gasteiger partial charge on any atom is -0.309 e. The van der Waals surface area contributed by atoms with Gasteiger partial charge in [0.25, 0.3) is 0 Å². The van der Waals surface area contributed by atoms with Gasteiger partial charge in [-0.25, -0.2) is 4.68 Å². The average Bonchev–Trinajstić information content (AvgIpc) is 3.60. The van der Waals surface area contributed by atoms with Crippen LogP contribution < -0.4 is 0 Å². The highest BCUT2D eigenvalue weighted by molar-refractivity contribution is 6.09. The molecular weight excluding hydrogens is 452 g/mol. The average molecular weight is 485 g/mol. The fourth-order valence-electron chi connectivity index (χ4n) is 6.06. The molecule has 0 N–H and O–H groups in total. The lowest BCUT2D eigenvalue weighted by molar-refractivity contribution is 0.415. The van der Waals surface area contributed by atoms with Crippen molar-refractivity contribution in [1.29, 1.82) is 0 Å². The molecule has 0 saturated heterocycles. The van der Waals surface area contributed by atoms with Gasteiger partial charge >= 0.3 is 0 Å². The van der Waals surface area contributed by atoms with Gasteiger partial charge in [0, 0.05) is 40.5 Å². The Morgan fingerprint density at radius 3 is 2.24 bits per heavy atom. The second kappa shape index (κ2) is 9.70. The zero-order chi connectivity index (χ0) is 25.2. The zero-order valence-corrected chi connectivity index (χ0v) is 21.5. The molecule has 0 spiro atoms. The van der Waals surface area contributed by atoms with Crippen LogP contribution in [0.25, 0.3) is 33.2 Å². The van der Waals surface area contributed by atoms with Crippen LogP contribution in [0.2, 0.25) is 0 Å². The van der Waals surface area contributed by atoms with Crippen molar-refractivity contribution in [1.82, 2.24) is 19.3 Å². The second-order valence-corrected chi connectivity index (χ2v) is 9.85. The molecule has 0 aliphatic carbocycles. The summed E-state index contributed by atoms with van der Waals surface area (Å²) < 4.78 is 4.33. The summed E-state index contributed by atoms with van der Waals surface area (Å²) in [7, 11) is 0. The molecule has 0 aliphatic rings. The van der Waals surface area contributed by atoms with Gasteiger partial charge in [0.1, 0.15) is 0 Å². The van der Waals surface area contributed by atoms with Gasteiger partial charge in [0.05, 0.1) is 22.4 Å². The standard InChI is InChI=1S/C33H32N4/c1-3-18-33(19-4-2,32-15-7-8-20-34-32)25-11-9-12-27(23-25)37-30-14-6-5-13-28(30)29-17-16-26(24-31(29)37)36-22-10-21-35-36/h5-17,20-24H,3-4,18-19H2,1-2H3. The maximum absolute atomic E-state index is 4.88. The third kappa shape index (κ3) is 3.93. The van der Waals surface area contributed by atoms with Gasteiger partial charge in [0.15, 0.2) is 0 Å². The van der Waals surface area contributed by atoms with Crippen molar-refractivity contribution in [2.45, 2.75) is 44.9 Å². The van der Waals surface area contributed by atoms with E-state index in [2.05, 4.69) is 102 Å². The van der Waals surface area contributed by atoms with Crippen molar-refractivity contribution >= 4 is 21.8 Å². The molecule has 6 aromatic rings. The quantitative estimate of drug-likeness (QED) is 0.218. The summed E-state index contributed by atoms with van der Waals surface area (Å²) >= 11 is 0. The third-order valence-corrected chi connectivity index (χ3v) is 7.59. The number of para-hydroxylation sites is 1. The van der Waals surface area contributed by atoms with E-state index in [0.717, 1.165) is 31.4 Å². The number of nitrogens with zero attached hydrogens (tertiary/aromatic N) is 4. The predicted molar refractivity (Wildman–Crippen MR) is 153 cm³/mol. The van der Waals surface area contributed by atoms with E-state index in [9.17, 15) is 0 Å². The van der Waals surface area contributed by atoms with Gasteiger partial charge in [0.2, 0.25) is 0 Å². The van der Waals surface area contributed by atoms with E-state index in [1.165, 1.54) is 38.8 Å². The molecule has 0 amide bonds. The summed E-state index contributed by atoms with van der Waals surface area (Å²) in [4.78, 5) is 4.88. The summed E-state index contributed by atoms with van der Waals surface area (Å²) in [5.74, 6) is 0. The maximum Gasteiger partial charge on any atom is 0.0666 e. The topological polar surface area (TPSA) is 35.6 Å². The maximum atomic E-state index is 4.88. The molecule has 3 aromatic heterocycles. The molecule has 0 radical (unpaired) electrons. The number of hydrogen-bond donors (Lipinski definition) is 0. The van der Waals surface area contributed by atoms with Crippen LogP contribution in [0, 0.1) is 0 Å². The first-order valence-electron chi connectivity index (χ1n) is 13.3. The lowest BCUT2D eigenvalue weighted by atomic mass is 9.70. The number of rotatable bonds is 8. The number of fused-ring (bicyclic) bond motifs is 3. The SMILES string of the molecule is CCCC(CCC)(c1cccc(-n2c3ccccc3c3ccc(-n4cccn4)cc32)c1)c1ccccn1. The summed E-state index contributed by atoms with van der Waals surface area (Å²) in [6.07, 6.45) is 10.1. The molecule has 37 heavy (non-hydrogen) atoms. The molecule has 184 valence electrons. The van der Waals surface area contributed by atoms with E-state index in [-0.39, 0.29) is 5.41 Å². The highest BCUT2D eigenvalue weighted by atomic mass is 15.3. The van der Waals surface area contributed by atoms with Crippen LogP contribution in [-0.4, -0.2) is 19.3 Å². The fourth-order valence-corrected chi connectivity index (χ4v) is 6.06. The molecule has 0 atom stereocenters. The largest absolute Gasteiger partial charge is 0.309 e. The lowest BCUT2D eigenvalue weighted by Gasteiger charge is -2.34. The van der Waals surface area contributed by atoms with Crippen LogP contribution in [0.5, 0.6) is 0 Å². The molecule has 4 heteroatoms. The van der Waals surface area contributed by atoms with Crippen molar-refractivity contribution in [3.05, 3.63) is 121 Å². The zero-order valence-electron chi connectivity index (χ0n) is 21.5. The van der Waals surface area contributed by atoms with Crippen molar-refractivity contribution in [2.24, 2.45) is 0 Å². The van der Waals surface area contributed by atoms with Crippen LogP contribution in [0.1, 0.15) is 50.8 Å². The highest BCUT2D eigenvalue weighted by Crippen LogP contribution is 2.41. The van der Waals surface area contributed by atoms with Gasteiger partial charge in [-0.2, -0.15) is 5.10 Å². The summed E-state index contributed by atoms with van der Waals surface area (Å²) in [6.45, 7) is 4.56. The second-order valence-electron chi connectivity index (χ2n) is 9.85. The Morgan fingerprint density at radius 1 is 0.676 bits per heavy atom. The third-order valence-electron chi connectivity index (χ3n) is 7.59.